The number of nitrogens with zero attached hydrogens (tertiary/aromatic N) is 1. The summed E-state index contributed by atoms with van der Waals surface area (Å²) in [4.78, 5) is 1.28. The molecule has 1 N–H and O–H groups in total. The Morgan fingerprint density at radius 3 is 3.27 bits per heavy atom. The van der Waals surface area contributed by atoms with Crippen molar-refractivity contribution in [1.29, 1.82) is 0 Å². The van der Waals surface area contributed by atoms with Crippen LogP contribution < -0.4 is 9.47 Å². The molecular weight excluding hydrogens is 278 g/mol. The second-order valence-corrected chi connectivity index (χ2v) is 6.26. The number of ether oxygens (including phenoxy) is 2. The molecule has 0 amide bonds. The normalized spacial score (nSPS) is 52.9. The Bertz CT molecular complexity index is 966. The first kappa shape index (κ1) is 7.84. The third kappa shape index (κ3) is 1.28. The Kier molecular flexibility index (Phi) is 1.45. The summed E-state index contributed by atoms with van der Waals surface area (Å²) in [5, 5.41) is 10.8. The third-order valence-electron chi connectivity index (χ3n) is 5.41. The first-order chi connectivity index (χ1) is 13.4. The molecule has 1 aromatic carbocycles. The summed E-state index contributed by atoms with van der Waals surface area (Å²) in [5.41, 5.74) is -0.519. The van der Waals surface area contributed by atoms with E-state index in [4.69, 9.17) is 17.7 Å². The number of benzene rings is 1. The van der Waals surface area contributed by atoms with E-state index in [0.29, 0.717) is 11.1 Å². The summed E-state index contributed by atoms with van der Waals surface area (Å²) in [5.74, 6) is -1.42. The van der Waals surface area contributed by atoms with Crippen LogP contribution in [-0.4, -0.2) is 48.9 Å². The molecule has 0 aromatic heterocycles. The Labute approximate surface area is 140 Å². The van der Waals surface area contributed by atoms with Crippen LogP contribution in [0.4, 0.5) is 0 Å². The van der Waals surface area contributed by atoms with E-state index in [-0.39, 0.29) is 43.0 Å². The van der Waals surface area contributed by atoms with Gasteiger partial charge in [0.2, 0.25) is 0 Å². The third-order valence-corrected chi connectivity index (χ3v) is 5.41. The van der Waals surface area contributed by atoms with Gasteiger partial charge in [-0.15, -0.1) is 0 Å². The van der Waals surface area contributed by atoms with E-state index in [9.17, 15) is 6.48 Å². The number of aliphatic hydroxyl groups is 1. The van der Waals surface area contributed by atoms with Crippen molar-refractivity contribution in [2.24, 2.45) is 5.89 Å². The van der Waals surface area contributed by atoms with E-state index >= 15 is 0 Å². The highest BCUT2D eigenvalue weighted by atomic mass is 16.5. The van der Waals surface area contributed by atoms with Gasteiger partial charge in [0, 0.05) is 28.4 Å². The Morgan fingerprint density at radius 1 is 1.55 bits per heavy atom. The molecule has 2 bridgehead atoms. The lowest BCUT2D eigenvalue weighted by Gasteiger charge is -2.56. The first-order valence-corrected chi connectivity index (χ1v) is 7.47. The summed E-state index contributed by atoms with van der Waals surface area (Å²) >= 11 is 0. The molecule has 22 heavy (non-hydrogen) atoms. The zero-order valence-electron chi connectivity index (χ0n) is 19.1. The van der Waals surface area contributed by atoms with Gasteiger partial charge in [0.15, 0.2) is 11.5 Å². The van der Waals surface area contributed by atoms with Gasteiger partial charge in [-0.05, 0) is 38.0 Å². The van der Waals surface area contributed by atoms with Gasteiger partial charge < -0.3 is 19.5 Å². The molecule has 2 heterocycles. The molecular formula is C18H21NO3. The van der Waals surface area contributed by atoms with Gasteiger partial charge in [-0.2, -0.15) is 0 Å². The molecule has 5 atom stereocenters. The van der Waals surface area contributed by atoms with Crippen LogP contribution in [0.25, 0.3) is 0 Å². The maximum Gasteiger partial charge on any atom is 0.165 e. The van der Waals surface area contributed by atoms with E-state index in [1.54, 1.807) is 0 Å². The van der Waals surface area contributed by atoms with E-state index in [1.807, 2.05) is 0 Å². The minimum Gasteiger partial charge on any atom is -0.493 e. The predicted molar refractivity (Wildman–Crippen MR) is 82.5 cm³/mol. The van der Waals surface area contributed by atoms with Crippen molar-refractivity contribution in [3.8, 4) is 11.5 Å². The number of hydrogen-bond acceptors (Lipinski definition) is 4. The smallest absolute Gasteiger partial charge is 0.165 e. The topological polar surface area (TPSA) is 41.9 Å². The number of aliphatic hydroxyl groups excluding tert-OH is 1. The molecule has 2 aliphatic carbocycles. The average molecular weight is 306 g/mol. The molecule has 1 saturated heterocycles. The number of likely N-dealkylation sites (tertiary alicyclic amines) is 1. The van der Waals surface area contributed by atoms with E-state index in [1.165, 1.54) is 24.2 Å². The van der Waals surface area contributed by atoms with Crippen molar-refractivity contribution in [3.63, 3.8) is 0 Å². The standard InChI is InChI=1S/C18H21NO3/c1-19-8-7-18-11-4-5-13(20)17(18)22-16-14(21-2)6-3-10(15(16)18)9-12(11)19/h3-6,11-13,17,20H,7-9H2,1-2H3/t11-,12+,13?,17?,18-/m0/s1/i1D3,3D,6D,11D,17D. The maximum absolute atomic E-state index is 10.8. The van der Waals surface area contributed by atoms with Crippen LogP contribution >= 0.6 is 0 Å². The summed E-state index contributed by atoms with van der Waals surface area (Å²) < 4.78 is 70.6. The molecule has 1 fully saturated rings. The van der Waals surface area contributed by atoms with Gasteiger partial charge in [0.05, 0.1) is 11.2 Å². The minimum absolute atomic E-state index is 0.00963. The molecule has 116 valence electrons. The van der Waals surface area contributed by atoms with Crippen LogP contribution in [0.2, 0.25) is 0 Å². The number of likely N-dealkylation sites (N-methyl/N-ethyl adjacent to an activating group) is 1. The molecule has 2 unspecified atom stereocenters. The van der Waals surface area contributed by atoms with E-state index in [0.717, 1.165) is 0 Å². The molecule has 5 rings (SSSR count). The highest BCUT2D eigenvalue weighted by Gasteiger charge is 2.64. The number of rotatable bonds is 1. The fraction of sp³-hybridized carbons (Fsp3) is 0.556. The molecule has 2 aliphatic heterocycles. The Balaban J connectivity index is 1.90. The van der Waals surface area contributed by atoms with Crippen molar-refractivity contribution < 1.29 is 24.2 Å². The molecule has 4 heteroatoms. The first-order valence-electron chi connectivity index (χ1n) is 11.0. The van der Waals surface area contributed by atoms with Gasteiger partial charge in [-0.1, -0.05) is 18.2 Å². The zero-order valence-corrected chi connectivity index (χ0v) is 12.1. The fourth-order valence-corrected chi connectivity index (χ4v) is 4.51. The monoisotopic (exact) mass is 306 g/mol. The van der Waals surface area contributed by atoms with Crippen LogP contribution in [0.1, 0.15) is 27.1 Å². The summed E-state index contributed by atoms with van der Waals surface area (Å²) in [7, 11) is 1.35. The average Bonchev–Trinajstić information content (AvgIpc) is 2.89. The van der Waals surface area contributed by atoms with Crippen molar-refractivity contribution in [3.05, 3.63) is 35.4 Å². The van der Waals surface area contributed by atoms with Crippen LogP contribution in [0, 0.1) is 5.89 Å². The van der Waals surface area contributed by atoms with Crippen molar-refractivity contribution in [2.45, 2.75) is 36.5 Å². The molecule has 4 aliphatic rings. The molecule has 0 radical (unpaired) electrons. The fourth-order valence-electron chi connectivity index (χ4n) is 4.51. The molecule has 0 saturated carbocycles. The van der Waals surface area contributed by atoms with Gasteiger partial charge in [-0.3, -0.25) is 0 Å². The van der Waals surface area contributed by atoms with Crippen molar-refractivity contribution in [1.82, 2.24) is 4.90 Å². The largest absolute Gasteiger partial charge is 0.493 e. The highest BCUT2D eigenvalue weighted by molar-refractivity contribution is 5.62. The van der Waals surface area contributed by atoms with Crippen LogP contribution in [0.15, 0.2) is 24.2 Å². The van der Waals surface area contributed by atoms with E-state index < -0.39 is 36.5 Å². The van der Waals surface area contributed by atoms with Crippen LogP contribution in [0.5, 0.6) is 11.5 Å². The number of piperidine rings is 1. The lowest BCUT2D eigenvalue weighted by atomic mass is 9.53. The van der Waals surface area contributed by atoms with Gasteiger partial charge in [0.25, 0.3) is 0 Å². The lowest BCUT2D eigenvalue weighted by Crippen LogP contribution is -2.64. The lowest BCUT2D eigenvalue weighted by molar-refractivity contribution is -0.0453. The second kappa shape index (κ2) is 4.06. The van der Waals surface area contributed by atoms with Gasteiger partial charge in [-0.25, -0.2) is 0 Å². The van der Waals surface area contributed by atoms with Gasteiger partial charge >= 0.3 is 0 Å². The SMILES string of the molecule is [2H]c1c([2H])c(OC)c2c3c1C[C@H]1N(C([2H])([2H])[2H])CC[C@@]34C([2H])(O2)C(O)C=C[C@@]14[2H]. The molecule has 1 aromatic rings. The summed E-state index contributed by atoms with van der Waals surface area (Å²) in [6, 6.07) is -1.18. The quantitative estimate of drug-likeness (QED) is 0.799. The molecule has 4 nitrogen and oxygen atoms in total. The maximum atomic E-state index is 10.8. The predicted octanol–water partition coefficient (Wildman–Crippen LogP) is 1.50. The Hall–Kier alpha value is -1.52. The zero-order chi connectivity index (χ0) is 21.1. The minimum atomic E-state index is -2.45. The summed E-state index contributed by atoms with van der Waals surface area (Å²) in [6.45, 7) is -2.35. The van der Waals surface area contributed by atoms with Crippen molar-refractivity contribution in [2.75, 3.05) is 20.6 Å². The van der Waals surface area contributed by atoms with Crippen molar-refractivity contribution >= 4 is 0 Å². The molecule has 1 spiro atoms. The van der Waals surface area contributed by atoms with E-state index in [2.05, 4.69) is 0 Å². The number of methoxy groups -OCH3 is 1. The van der Waals surface area contributed by atoms with Crippen LogP contribution in [0.3, 0.4) is 0 Å². The number of hydrogen-bond donors (Lipinski definition) is 1. The van der Waals surface area contributed by atoms with Gasteiger partial charge in [0.1, 0.15) is 12.2 Å². The summed E-state index contributed by atoms with van der Waals surface area (Å²) in [6.07, 6.45) is -0.336. The van der Waals surface area contributed by atoms with Crippen LogP contribution in [-0.2, 0) is 11.8 Å². The Morgan fingerprint density at radius 2 is 2.45 bits per heavy atom. The highest BCUT2D eigenvalue weighted by Crippen LogP contribution is 2.62. The second-order valence-electron chi connectivity index (χ2n) is 6.26.